The molecule has 0 radical (unpaired) electrons. The van der Waals surface area contributed by atoms with E-state index in [0.29, 0.717) is 28.1 Å². The molecule has 0 bridgehead atoms. The fourth-order valence-electron chi connectivity index (χ4n) is 2.13. The van der Waals surface area contributed by atoms with Gasteiger partial charge in [0.2, 0.25) is 0 Å². The number of nitrogens with one attached hydrogen (secondary N) is 1. The number of carbonyl (C=O) groups excluding carboxylic acids is 1. The van der Waals surface area contributed by atoms with Crippen LogP contribution in [0.1, 0.15) is 28.2 Å². The maximum absolute atomic E-state index is 12.5. The number of carbonyl (C=O) groups is 1. The molecule has 1 amide bonds. The molecule has 0 spiro atoms. The second-order valence-electron chi connectivity index (χ2n) is 4.89. The summed E-state index contributed by atoms with van der Waals surface area (Å²) in [5, 5.41) is 16.7. The van der Waals surface area contributed by atoms with E-state index in [1.54, 1.807) is 31.7 Å². The Hall–Kier alpha value is -1.60. The minimum Gasteiger partial charge on any atom is -0.394 e. The van der Waals surface area contributed by atoms with E-state index in [0.717, 1.165) is 12.2 Å². The van der Waals surface area contributed by atoms with E-state index >= 15 is 0 Å². The number of hydrogen-bond donors (Lipinski definition) is 2. The molecule has 7 heteroatoms. The van der Waals surface area contributed by atoms with E-state index in [9.17, 15) is 9.90 Å². The van der Waals surface area contributed by atoms with E-state index < -0.39 is 0 Å². The zero-order valence-electron chi connectivity index (χ0n) is 12.3. The predicted molar refractivity (Wildman–Crippen MR) is 82.6 cm³/mol. The molecule has 0 aliphatic carbocycles. The Balaban J connectivity index is 2.28. The van der Waals surface area contributed by atoms with Gasteiger partial charge in [0.15, 0.2) is 0 Å². The molecule has 0 aromatic carbocycles. The number of fused-ring (bicyclic) bond motifs is 1. The third-order valence-corrected chi connectivity index (χ3v) is 3.86. The molecule has 0 aliphatic rings. The highest BCUT2D eigenvalue weighted by atomic mass is 32.2. The molecule has 114 valence electrons. The van der Waals surface area contributed by atoms with Gasteiger partial charge in [-0.2, -0.15) is 11.8 Å². The topological polar surface area (TPSA) is 88.2 Å². The summed E-state index contributed by atoms with van der Waals surface area (Å²) >= 11 is 1.68. The quantitative estimate of drug-likeness (QED) is 0.844. The highest BCUT2D eigenvalue weighted by Crippen LogP contribution is 2.22. The maximum atomic E-state index is 12.5. The van der Waals surface area contributed by atoms with E-state index in [4.69, 9.17) is 4.52 Å². The van der Waals surface area contributed by atoms with Crippen molar-refractivity contribution in [2.75, 3.05) is 18.6 Å². The molecule has 1 atom stereocenters. The van der Waals surface area contributed by atoms with E-state index in [1.165, 1.54) is 0 Å². The Labute approximate surface area is 127 Å². The monoisotopic (exact) mass is 309 g/mol. The molecule has 0 saturated heterocycles. The van der Waals surface area contributed by atoms with E-state index in [-0.39, 0.29) is 18.6 Å². The van der Waals surface area contributed by atoms with Crippen LogP contribution in [0.25, 0.3) is 11.1 Å². The molecular formula is C14H19N3O3S. The molecule has 0 fully saturated rings. The smallest absolute Gasteiger partial charge is 0.258 e. The van der Waals surface area contributed by atoms with Crippen LogP contribution in [0, 0.1) is 13.8 Å². The van der Waals surface area contributed by atoms with Gasteiger partial charge in [0, 0.05) is 5.69 Å². The summed E-state index contributed by atoms with van der Waals surface area (Å²) in [4.78, 5) is 16.7. The van der Waals surface area contributed by atoms with Gasteiger partial charge in [0.1, 0.15) is 0 Å². The molecule has 0 unspecified atom stereocenters. The van der Waals surface area contributed by atoms with Crippen molar-refractivity contribution in [3.63, 3.8) is 0 Å². The van der Waals surface area contributed by atoms with Gasteiger partial charge in [-0.15, -0.1) is 0 Å². The summed E-state index contributed by atoms with van der Waals surface area (Å²) in [5.74, 6) is 0.639. The zero-order chi connectivity index (χ0) is 15.4. The number of thioether (sulfide) groups is 1. The summed E-state index contributed by atoms with van der Waals surface area (Å²) in [5.41, 5.74) is 2.17. The Morgan fingerprint density at radius 3 is 2.95 bits per heavy atom. The van der Waals surface area contributed by atoms with Crippen molar-refractivity contribution < 1.29 is 14.4 Å². The predicted octanol–water partition coefficient (Wildman–Crippen LogP) is 1.68. The lowest BCUT2D eigenvalue weighted by Crippen LogP contribution is -2.38. The van der Waals surface area contributed by atoms with E-state index in [1.807, 2.05) is 6.26 Å². The number of aliphatic hydroxyl groups is 1. The van der Waals surface area contributed by atoms with E-state index in [2.05, 4.69) is 15.5 Å². The van der Waals surface area contributed by atoms with Gasteiger partial charge >= 0.3 is 0 Å². The largest absolute Gasteiger partial charge is 0.394 e. The van der Waals surface area contributed by atoms with Gasteiger partial charge in [0.05, 0.1) is 29.3 Å². The van der Waals surface area contributed by atoms with Crippen molar-refractivity contribution in [2.45, 2.75) is 26.3 Å². The highest BCUT2D eigenvalue weighted by Gasteiger charge is 2.19. The Bertz CT molecular complexity index is 642. The van der Waals surface area contributed by atoms with Gasteiger partial charge < -0.3 is 14.9 Å². The third kappa shape index (κ3) is 3.54. The highest BCUT2D eigenvalue weighted by molar-refractivity contribution is 7.98. The molecule has 2 rings (SSSR count). The first-order valence-corrected chi connectivity index (χ1v) is 8.10. The van der Waals surface area contributed by atoms with Gasteiger partial charge in [-0.25, -0.2) is 4.98 Å². The lowest BCUT2D eigenvalue weighted by molar-refractivity contribution is 0.0917. The van der Waals surface area contributed by atoms with Crippen molar-refractivity contribution in [2.24, 2.45) is 0 Å². The van der Waals surface area contributed by atoms with Crippen LogP contribution in [-0.4, -0.2) is 45.8 Å². The van der Waals surface area contributed by atoms with Gasteiger partial charge in [-0.05, 0) is 38.3 Å². The van der Waals surface area contributed by atoms with Crippen LogP contribution < -0.4 is 5.32 Å². The van der Waals surface area contributed by atoms with Crippen LogP contribution in [0.5, 0.6) is 0 Å². The Kier molecular flexibility index (Phi) is 5.19. The van der Waals surface area contributed by atoms with Crippen LogP contribution in [0.2, 0.25) is 0 Å². The summed E-state index contributed by atoms with van der Waals surface area (Å²) in [7, 11) is 0. The number of amides is 1. The Morgan fingerprint density at radius 2 is 2.29 bits per heavy atom. The SMILES string of the molecule is CSCC[C@H](CO)NC(=O)c1cc(C)nc2onc(C)c12. The van der Waals surface area contributed by atoms with Gasteiger partial charge in [-0.3, -0.25) is 4.79 Å². The second kappa shape index (κ2) is 6.91. The van der Waals surface area contributed by atoms with Gasteiger partial charge in [0.25, 0.3) is 11.6 Å². The summed E-state index contributed by atoms with van der Waals surface area (Å²) in [6.07, 6.45) is 2.71. The fraction of sp³-hybridized carbons (Fsp3) is 0.500. The number of nitrogens with zero attached hydrogens (tertiary/aromatic N) is 2. The van der Waals surface area contributed by atoms with Gasteiger partial charge in [-0.1, -0.05) is 5.16 Å². The minimum absolute atomic E-state index is 0.0812. The average Bonchev–Trinajstić information content (AvgIpc) is 2.83. The summed E-state index contributed by atoms with van der Waals surface area (Å²) in [6.45, 7) is 3.49. The fourth-order valence-corrected chi connectivity index (χ4v) is 2.65. The van der Waals surface area contributed by atoms with Crippen LogP contribution in [0.3, 0.4) is 0 Å². The number of aromatic nitrogens is 2. The first-order valence-electron chi connectivity index (χ1n) is 6.71. The first-order chi connectivity index (χ1) is 10.1. The number of aryl methyl sites for hydroxylation is 2. The normalized spacial score (nSPS) is 12.6. The summed E-state index contributed by atoms with van der Waals surface area (Å²) < 4.78 is 5.12. The van der Waals surface area contributed by atoms with Crippen LogP contribution >= 0.6 is 11.8 Å². The Morgan fingerprint density at radius 1 is 1.52 bits per heavy atom. The molecule has 21 heavy (non-hydrogen) atoms. The lowest BCUT2D eigenvalue weighted by atomic mass is 10.1. The molecule has 0 aliphatic heterocycles. The molecule has 2 heterocycles. The standard InChI is InChI=1S/C14H19N3O3S/c1-8-6-11(12-9(2)17-20-14(12)15-8)13(19)16-10(7-18)4-5-21-3/h6,10,18H,4-5,7H2,1-3H3,(H,16,19)/t10-/m1/s1. The maximum Gasteiger partial charge on any atom is 0.258 e. The van der Waals surface area contributed by atoms with Crippen molar-refractivity contribution in [1.29, 1.82) is 0 Å². The molecule has 2 N–H and O–H groups in total. The molecule has 6 nitrogen and oxygen atoms in total. The average molecular weight is 309 g/mol. The molecule has 0 saturated carbocycles. The summed E-state index contributed by atoms with van der Waals surface area (Å²) in [6, 6.07) is 1.46. The zero-order valence-corrected chi connectivity index (χ0v) is 13.2. The molecule has 2 aromatic rings. The second-order valence-corrected chi connectivity index (χ2v) is 5.88. The molecule has 2 aromatic heterocycles. The number of rotatable bonds is 6. The number of aliphatic hydroxyl groups excluding tert-OH is 1. The number of pyridine rings is 1. The van der Waals surface area contributed by atoms with Crippen molar-refractivity contribution in [3.8, 4) is 0 Å². The first kappa shape index (κ1) is 15.8. The number of hydrogen-bond acceptors (Lipinski definition) is 6. The van der Waals surface area contributed by atoms with Crippen molar-refractivity contribution in [1.82, 2.24) is 15.5 Å². The molecular weight excluding hydrogens is 290 g/mol. The van der Waals surface area contributed by atoms with Crippen LogP contribution in [0.15, 0.2) is 10.6 Å². The van der Waals surface area contributed by atoms with Crippen molar-refractivity contribution in [3.05, 3.63) is 23.0 Å². The lowest BCUT2D eigenvalue weighted by Gasteiger charge is -2.16. The third-order valence-electron chi connectivity index (χ3n) is 3.22. The van der Waals surface area contributed by atoms with Crippen molar-refractivity contribution >= 4 is 28.8 Å². The van der Waals surface area contributed by atoms with Crippen LogP contribution in [0.4, 0.5) is 0 Å². The van der Waals surface area contributed by atoms with Crippen LogP contribution in [-0.2, 0) is 0 Å². The minimum atomic E-state index is -0.256.